The Balaban J connectivity index is 1.70. The van der Waals surface area contributed by atoms with Gasteiger partial charge in [0.1, 0.15) is 6.29 Å². The fourth-order valence-corrected chi connectivity index (χ4v) is 7.35. The Labute approximate surface area is 181 Å². The van der Waals surface area contributed by atoms with Crippen LogP contribution in [-0.4, -0.2) is 21.4 Å². The van der Waals surface area contributed by atoms with Crippen LogP contribution < -0.4 is 10.4 Å². The first-order valence-electron chi connectivity index (χ1n) is 10.7. The monoisotopic (exact) mass is 414 g/mol. The van der Waals surface area contributed by atoms with Crippen molar-refractivity contribution in [3.05, 3.63) is 96.6 Å². The normalized spacial score (nSPS) is 21.9. The molecule has 0 amide bonds. The molecule has 2 nitrogen and oxygen atoms in total. The Bertz CT molecular complexity index is 927. The molecule has 1 unspecified atom stereocenters. The van der Waals surface area contributed by atoms with Crippen molar-refractivity contribution in [2.75, 3.05) is 0 Å². The lowest BCUT2D eigenvalue weighted by atomic mass is 9.82. The van der Waals surface area contributed by atoms with E-state index in [0.717, 1.165) is 18.3 Å². The lowest BCUT2D eigenvalue weighted by Crippen LogP contribution is -2.50. The summed E-state index contributed by atoms with van der Waals surface area (Å²) in [6.45, 7) is 6.70. The van der Waals surface area contributed by atoms with E-state index in [4.69, 9.17) is 4.43 Å². The largest absolute Gasteiger partial charge is 0.407 e. The van der Waals surface area contributed by atoms with E-state index >= 15 is 0 Å². The summed E-state index contributed by atoms with van der Waals surface area (Å²) in [7, 11) is -1.90. The van der Waals surface area contributed by atoms with Gasteiger partial charge in [-0.1, -0.05) is 112 Å². The molecule has 1 saturated carbocycles. The lowest BCUT2D eigenvalue weighted by Gasteiger charge is -2.36. The zero-order valence-electron chi connectivity index (χ0n) is 18.0. The third kappa shape index (κ3) is 4.05. The Morgan fingerprint density at radius 3 is 1.77 bits per heavy atom. The maximum atomic E-state index is 12.3. The van der Waals surface area contributed by atoms with Gasteiger partial charge in [0.15, 0.2) is 0 Å². The van der Waals surface area contributed by atoms with E-state index in [1.54, 1.807) is 0 Å². The summed E-state index contributed by atoms with van der Waals surface area (Å²) >= 11 is 0. The van der Waals surface area contributed by atoms with Crippen LogP contribution in [0.25, 0.3) is 0 Å². The molecule has 30 heavy (non-hydrogen) atoms. The van der Waals surface area contributed by atoms with Crippen molar-refractivity contribution in [2.45, 2.75) is 38.7 Å². The number of hydrogen-bond acceptors (Lipinski definition) is 2. The standard InChI is InChI=1S/C27H30O2Si/c1-26(2,3)25(24-19-27(24,20-28)21-13-7-4-8-14-21)29-30(22-15-9-5-10-16-22)23-17-11-6-12-18-23/h4-18,20,24-25,30H,19H2,1-3H3/t24-,25?,27+/m0/s1. The van der Waals surface area contributed by atoms with Gasteiger partial charge in [0.2, 0.25) is 9.04 Å². The van der Waals surface area contributed by atoms with E-state index in [-0.39, 0.29) is 17.4 Å². The Kier molecular flexibility index (Phi) is 5.76. The average Bonchev–Trinajstić information content (AvgIpc) is 3.51. The van der Waals surface area contributed by atoms with E-state index in [0.29, 0.717) is 0 Å². The number of hydrogen-bond donors (Lipinski definition) is 0. The maximum absolute atomic E-state index is 12.3. The van der Waals surface area contributed by atoms with E-state index in [1.807, 2.05) is 18.2 Å². The molecule has 1 fully saturated rings. The van der Waals surface area contributed by atoms with Gasteiger partial charge >= 0.3 is 0 Å². The topological polar surface area (TPSA) is 26.3 Å². The zero-order valence-corrected chi connectivity index (χ0v) is 19.1. The van der Waals surface area contributed by atoms with Crippen molar-refractivity contribution in [1.82, 2.24) is 0 Å². The molecule has 3 heteroatoms. The second-order valence-corrected chi connectivity index (χ2v) is 11.8. The number of aldehydes is 1. The average molecular weight is 415 g/mol. The van der Waals surface area contributed by atoms with Crippen molar-refractivity contribution >= 4 is 25.7 Å². The van der Waals surface area contributed by atoms with E-state index in [2.05, 4.69) is 93.6 Å². The van der Waals surface area contributed by atoms with Gasteiger partial charge in [-0.05, 0) is 27.8 Å². The van der Waals surface area contributed by atoms with Crippen molar-refractivity contribution in [1.29, 1.82) is 0 Å². The lowest BCUT2D eigenvalue weighted by molar-refractivity contribution is -0.110. The molecule has 0 aromatic heterocycles. The summed E-state index contributed by atoms with van der Waals surface area (Å²) < 4.78 is 7.07. The van der Waals surface area contributed by atoms with Gasteiger partial charge in [-0.2, -0.15) is 0 Å². The smallest absolute Gasteiger partial charge is 0.240 e. The third-order valence-corrected chi connectivity index (χ3v) is 8.83. The minimum Gasteiger partial charge on any atom is -0.407 e. The van der Waals surface area contributed by atoms with Crippen LogP contribution >= 0.6 is 0 Å². The van der Waals surface area contributed by atoms with Crippen molar-refractivity contribution in [3.63, 3.8) is 0 Å². The SMILES string of the molecule is CC(C)(C)C(O[SiH](c1ccccc1)c1ccccc1)[C@@H]1C[C@@]1(C=O)c1ccccc1. The molecule has 154 valence electrons. The van der Waals surface area contributed by atoms with Gasteiger partial charge in [-0.3, -0.25) is 0 Å². The van der Waals surface area contributed by atoms with Gasteiger partial charge < -0.3 is 9.22 Å². The first-order valence-corrected chi connectivity index (χ1v) is 12.4. The molecule has 3 aromatic carbocycles. The summed E-state index contributed by atoms with van der Waals surface area (Å²) in [5.74, 6) is 0.194. The van der Waals surface area contributed by atoms with Crippen LogP contribution in [0.1, 0.15) is 32.8 Å². The molecule has 0 heterocycles. The van der Waals surface area contributed by atoms with E-state index in [9.17, 15) is 4.79 Å². The number of carbonyl (C=O) groups excluding carboxylic acids is 1. The Morgan fingerprint density at radius 2 is 1.33 bits per heavy atom. The molecule has 0 aliphatic heterocycles. The molecular weight excluding hydrogens is 384 g/mol. The second kappa shape index (κ2) is 8.33. The van der Waals surface area contributed by atoms with Crippen molar-refractivity contribution in [3.8, 4) is 0 Å². The predicted octanol–water partition coefficient (Wildman–Crippen LogP) is 4.11. The van der Waals surface area contributed by atoms with E-state index < -0.39 is 14.5 Å². The van der Waals surface area contributed by atoms with Gasteiger partial charge in [0.05, 0.1) is 11.5 Å². The molecular formula is C27H30O2Si. The Morgan fingerprint density at radius 1 is 0.867 bits per heavy atom. The fraction of sp³-hybridized carbons (Fsp3) is 0.296. The highest BCUT2D eigenvalue weighted by molar-refractivity contribution is 6.80. The molecule has 0 radical (unpaired) electrons. The van der Waals surface area contributed by atoms with Gasteiger partial charge in [0, 0.05) is 5.92 Å². The third-order valence-electron chi connectivity index (χ3n) is 6.29. The molecule has 1 aliphatic carbocycles. The number of rotatable bonds is 7. The summed E-state index contributed by atoms with van der Waals surface area (Å²) in [5.41, 5.74) is 0.616. The summed E-state index contributed by atoms with van der Waals surface area (Å²) in [6, 6.07) is 31.4. The quantitative estimate of drug-likeness (QED) is 0.430. The van der Waals surface area contributed by atoms with Crippen LogP contribution in [0.2, 0.25) is 0 Å². The minimum absolute atomic E-state index is 0.0000139. The van der Waals surface area contributed by atoms with Crippen LogP contribution in [0.15, 0.2) is 91.0 Å². The fourth-order valence-electron chi connectivity index (χ4n) is 4.62. The van der Waals surface area contributed by atoms with E-state index in [1.165, 1.54) is 10.4 Å². The summed E-state index contributed by atoms with van der Waals surface area (Å²) in [6.07, 6.45) is 2.02. The first-order chi connectivity index (χ1) is 14.5. The number of carbonyl (C=O) groups is 1. The van der Waals surface area contributed by atoms with Gasteiger partial charge in [0.25, 0.3) is 0 Å². The van der Waals surface area contributed by atoms with Crippen LogP contribution in [0.3, 0.4) is 0 Å². The zero-order chi connectivity index (χ0) is 21.2. The maximum Gasteiger partial charge on any atom is 0.240 e. The highest BCUT2D eigenvalue weighted by Crippen LogP contribution is 2.58. The highest BCUT2D eigenvalue weighted by atomic mass is 28.3. The molecule has 3 atom stereocenters. The van der Waals surface area contributed by atoms with Crippen molar-refractivity contribution in [2.24, 2.45) is 11.3 Å². The van der Waals surface area contributed by atoms with Crippen molar-refractivity contribution < 1.29 is 9.22 Å². The second-order valence-electron chi connectivity index (χ2n) is 9.46. The van der Waals surface area contributed by atoms with Gasteiger partial charge in [-0.15, -0.1) is 0 Å². The summed E-state index contributed by atoms with van der Waals surface area (Å²) in [5, 5.41) is 2.55. The Hall–Kier alpha value is -2.49. The van der Waals surface area contributed by atoms with Crippen LogP contribution in [0.4, 0.5) is 0 Å². The first kappa shape index (κ1) is 20.8. The molecule has 0 N–H and O–H groups in total. The number of benzene rings is 3. The molecule has 3 aromatic rings. The molecule has 1 aliphatic rings. The van der Waals surface area contributed by atoms with Crippen LogP contribution in [-0.2, 0) is 14.6 Å². The molecule has 0 saturated heterocycles. The van der Waals surface area contributed by atoms with Crippen LogP contribution in [0.5, 0.6) is 0 Å². The minimum atomic E-state index is -1.90. The molecule has 4 rings (SSSR count). The highest BCUT2D eigenvalue weighted by Gasteiger charge is 2.61. The predicted molar refractivity (Wildman–Crippen MR) is 126 cm³/mol. The van der Waals surface area contributed by atoms with Gasteiger partial charge in [-0.25, -0.2) is 0 Å². The molecule has 0 bridgehead atoms. The molecule has 0 spiro atoms. The van der Waals surface area contributed by atoms with Crippen LogP contribution in [0, 0.1) is 11.3 Å². The summed E-state index contributed by atoms with van der Waals surface area (Å²) in [4.78, 5) is 12.3.